The summed E-state index contributed by atoms with van der Waals surface area (Å²) in [5.74, 6) is 0.435. The fourth-order valence-corrected chi connectivity index (χ4v) is 1.79. The van der Waals surface area contributed by atoms with Crippen LogP contribution in [0.3, 0.4) is 0 Å². The van der Waals surface area contributed by atoms with E-state index in [1.165, 1.54) is 0 Å². The van der Waals surface area contributed by atoms with Gasteiger partial charge in [0.25, 0.3) is 5.91 Å². The fourth-order valence-electron chi connectivity index (χ4n) is 1.79. The summed E-state index contributed by atoms with van der Waals surface area (Å²) in [7, 11) is 1.57. The number of hydrogen-bond acceptors (Lipinski definition) is 4. The van der Waals surface area contributed by atoms with Crippen LogP contribution >= 0.6 is 0 Å². The lowest BCUT2D eigenvalue weighted by Crippen LogP contribution is -2.12. The molecule has 0 fully saturated rings. The van der Waals surface area contributed by atoms with Crippen LogP contribution in [0.25, 0.3) is 0 Å². The zero-order chi connectivity index (χ0) is 15.2. The van der Waals surface area contributed by atoms with Crippen molar-refractivity contribution in [3.05, 3.63) is 69.8 Å². The molecule has 0 unspecified atom stereocenters. The van der Waals surface area contributed by atoms with E-state index in [-0.39, 0.29) is 12.5 Å². The van der Waals surface area contributed by atoms with Crippen LogP contribution in [0, 0.1) is 10.1 Å². The molecule has 0 aliphatic heterocycles. The van der Waals surface area contributed by atoms with Gasteiger partial charge in [0.1, 0.15) is 5.75 Å². The maximum atomic E-state index is 12.0. The van der Waals surface area contributed by atoms with E-state index in [1.54, 1.807) is 55.6 Å². The number of benzene rings is 2. The Morgan fingerprint density at radius 2 is 1.76 bits per heavy atom. The molecule has 108 valence electrons. The maximum Gasteiger partial charge on any atom is 0.255 e. The van der Waals surface area contributed by atoms with Gasteiger partial charge < -0.3 is 10.1 Å². The zero-order valence-corrected chi connectivity index (χ0v) is 11.4. The Balaban J connectivity index is 2.03. The van der Waals surface area contributed by atoms with Gasteiger partial charge in [-0.05, 0) is 36.4 Å². The molecule has 0 spiro atoms. The molecule has 2 rings (SSSR count). The van der Waals surface area contributed by atoms with Crippen molar-refractivity contribution in [3.8, 4) is 5.75 Å². The highest BCUT2D eigenvalue weighted by Gasteiger charge is 2.07. The highest BCUT2D eigenvalue weighted by Crippen LogP contribution is 2.16. The van der Waals surface area contributed by atoms with Gasteiger partial charge in [-0.1, -0.05) is 12.1 Å². The van der Waals surface area contributed by atoms with Crippen LogP contribution in [0.4, 0.5) is 5.69 Å². The number of nitrogens with zero attached hydrogens (tertiary/aromatic N) is 1. The molecule has 0 saturated carbocycles. The van der Waals surface area contributed by atoms with E-state index in [2.05, 4.69) is 5.32 Å². The van der Waals surface area contributed by atoms with E-state index in [4.69, 9.17) is 4.74 Å². The lowest BCUT2D eigenvalue weighted by molar-refractivity contribution is -0.496. The maximum absolute atomic E-state index is 12.0. The first kappa shape index (κ1) is 14.5. The highest BCUT2D eigenvalue weighted by molar-refractivity contribution is 6.04. The van der Waals surface area contributed by atoms with Crippen LogP contribution < -0.4 is 10.1 Å². The number of carbonyl (C=O) groups is 1. The number of methoxy groups -OCH3 is 1. The molecular formula is C15H14N2O4. The molecule has 1 amide bonds. The fraction of sp³-hybridized carbons (Fsp3) is 0.133. The Morgan fingerprint density at radius 3 is 2.29 bits per heavy atom. The Bertz CT molecular complexity index is 636. The van der Waals surface area contributed by atoms with E-state index in [1.807, 2.05) is 0 Å². The average molecular weight is 286 g/mol. The quantitative estimate of drug-likeness (QED) is 0.676. The van der Waals surface area contributed by atoms with Crippen molar-refractivity contribution in [1.29, 1.82) is 0 Å². The molecule has 0 heterocycles. The van der Waals surface area contributed by atoms with Gasteiger partial charge in [-0.15, -0.1) is 0 Å². The van der Waals surface area contributed by atoms with Crippen LogP contribution in [0.2, 0.25) is 0 Å². The first-order valence-electron chi connectivity index (χ1n) is 6.24. The number of anilines is 1. The monoisotopic (exact) mass is 286 g/mol. The van der Waals surface area contributed by atoms with Crippen LogP contribution in [-0.2, 0) is 6.54 Å². The zero-order valence-electron chi connectivity index (χ0n) is 11.4. The van der Waals surface area contributed by atoms with Gasteiger partial charge in [0.15, 0.2) is 0 Å². The molecule has 1 N–H and O–H groups in total. The van der Waals surface area contributed by atoms with Crippen molar-refractivity contribution in [3.63, 3.8) is 0 Å². The van der Waals surface area contributed by atoms with E-state index in [9.17, 15) is 14.9 Å². The Morgan fingerprint density at radius 1 is 1.14 bits per heavy atom. The minimum atomic E-state index is -0.410. The molecule has 0 aliphatic carbocycles. The molecule has 0 saturated heterocycles. The SMILES string of the molecule is COc1ccc(NC(=O)c2ccc(C[N+](=O)[O-])cc2)cc1. The molecule has 0 bridgehead atoms. The summed E-state index contributed by atoms with van der Waals surface area (Å²) in [4.78, 5) is 22.0. The Hall–Kier alpha value is -2.89. The summed E-state index contributed by atoms with van der Waals surface area (Å²) in [5, 5.41) is 13.1. The van der Waals surface area contributed by atoms with Crippen LogP contribution in [0.15, 0.2) is 48.5 Å². The minimum absolute atomic E-state index is 0.250. The molecule has 2 aromatic rings. The Kier molecular flexibility index (Phi) is 4.50. The number of amides is 1. The van der Waals surface area contributed by atoms with Crippen molar-refractivity contribution >= 4 is 11.6 Å². The lowest BCUT2D eigenvalue weighted by Gasteiger charge is -2.06. The number of rotatable bonds is 5. The molecule has 0 aliphatic rings. The molecule has 0 atom stereocenters. The van der Waals surface area contributed by atoms with Crippen LogP contribution in [0.1, 0.15) is 15.9 Å². The van der Waals surface area contributed by atoms with Gasteiger partial charge in [-0.2, -0.15) is 0 Å². The summed E-state index contributed by atoms with van der Waals surface area (Å²) in [6.07, 6.45) is 0. The standard InChI is InChI=1S/C15H14N2O4/c1-21-14-8-6-13(7-9-14)16-15(18)12-4-2-11(3-5-12)10-17(19)20/h2-9H,10H2,1H3,(H,16,18). The second-order valence-corrected chi connectivity index (χ2v) is 4.37. The molecular weight excluding hydrogens is 272 g/mol. The molecule has 21 heavy (non-hydrogen) atoms. The number of nitro groups is 1. The van der Waals surface area contributed by atoms with Crippen molar-refractivity contribution in [2.75, 3.05) is 12.4 Å². The van der Waals surface area contributed by atoms with Gasteiger partial charge in [0, 0.05) is 21.7 Å². The summed E-state index contributed by atoms with van der Waals surface area (Å²) in [5.41, 5.74) is 1.65. The predicted octanol–water partition coefficient (Wildman–Crippen LogP) is 2.72. The van der Waals surface area contributed by atoms with Gasteiger partial charge in [0.05, 0.1) is 7.11 Å². The van der Waals surface area contributed by atoms with Crippen LogP contribution in [-0.4, -0.2) is 17.9 Å². The van der Waals surface area contributed by atoms with Gasteiger partial charge in [0.2, 0.25) is 6.54 Å². The van der Waals surface area contributed by atoms with E-state index in [0.29, 0.717) is 22.6 Å². The number of hydrogen-bond donors (Lipinski definition) is 1. The van der Waals surface area contributed by atoms with E-state index in [0.717, 1.165) is 0 Å². The summed E-state index contributed by atoms with van der Waals surface area (Å²) in [6, 6.07) is 13.2. The second-order valence-electron chi connectivity index (χ2n) is 4.37. The van der Waals surface area contributed by atoms with Crippen molar-refractivity contribution in [2.45, 2.75) is 6.54 Å². The minimum Gasteiger partial charge on any atom is -0.497 e. The summed E-state index contributed by atoms with van der Waals surface area (Å²) < 4.78 is 5.04. The van der Waals surface area contributed by atoms with Crippen molar-refractivity contribution in [2.24, 2.45) is 0 Å². The number of carbonyl (C=O) groups excluding carboxylic acids is 1. The smallest absolute Gasteiger partial charge is 0.255 e. The molecule has 0 aromatic heterocycles. The summed E-state index contributed by atoms with van der Waals surface area (Å²) in [6.45, 7) is -0.250. The lowest BCUT2D eigenvalue weighted by atomic mass is 10.1. The average Bonchev–Trinajstić information content (AvgIpc) is 2.48. The molecule has 2 aromatic carbocycles. The number of ether oxygens (including phenoxy) is 1. The topological polar surface area (TPSA) is 81.5 Å². The van der Waals surface area contributed by atoms with Crippen LogP contribution in [0.5, 0.6) is 5.75 Å². The molecule has 6 nitrogen and oxygen atoms in total. The predicted molar refractivity (Wildman–Crippen MR) is 78.1 cm³/mol. The number of nitrogens with one attached hydrogen (secondary N) is 1. The third kappa shape index (κ3) is 4.04. The summed E-state index contributed by atoms with van der Waals surface area (Å²) >= 11 is 0. The van der Waals surface area contributed by atoms with Gasteiger partial charge in [-0.25, -0.2) is 0 Å². The molecule has 0 radical (unpaired) electrons. The van der Waals surface area contributed by atoms with E-state index < -0.39 is 4.92 Å². The Labute approximate surface area is 121 Å². The second kappa shape index (κ2) is 6.51. The van der Waals surface area contributed by atoms with Gasteiger partial charge >= 0.3 is 0 Å². The first-order valence-corrected chi connectivity index (χ1v) is 6.24. The van der Waals surface area contributed by atoms with E-state index >= 15 is 0 Å². The third-order valence-corrected chi connectivity index (χ3v) is 2.88. The largest absolute Gasteiger partial charge is 0.497 e. The third-order valence-electron chi connectivity index (χ3n) is 2.88. The van der Waals surface area contributed by atoms with Gasteiger partial charge in [-0.3, -0.25) is 14.9 Å². The van der Waals surface area contributed by atoms with Crippen molar-refractivity contribution < 1.29 is 14.5 Å². The van der Waals surface area contributed by atoms with Crippen molar-refractivity contribution in [1.82, 2.24) is 0 Å². The molecule has 6 heteroatoms. The highest BCUT2D eigenvalue weighted by atomic mass is 16.6. The first-order chi connectivity index (χ1) is 10.1. The normalized spacial score (nSPS) is 9.95.